The van der Waals surface area contributed by atoms with Gasteiger partial charge in [-0.15, -0.1) is 10.2 Å². The van der Waals surface area contributed by atoms with Gasteiger partial charge in [-0.2, -0.15) is 5.26 Å². The van der Waals surface area contributed by atoms with Gasteiger partial charge in [0, 0.05) is 22.2 Å². The average molecular weight is 637 g/mol. The zero-order valence-electron chi connectivity index (χ0n) is 20.9. The summed E-state index contributed by atoms with van der Waals surface area (Å²) in [6.45, 7) is 0. The first-order valence-electron chi connectivity index (χ1n) is 12.2. The third-order valence-corrected chi connectivity index (χ3v) is 9.27. The van der Waals surface area contributed by atoms with E-state index in [1.807, 2.05) is 24.3 Å². The number of nitrogens with one attached hydrogen (secondary N) is 1. The fourth-order valence-corrected chi connectivity index (χ4v) is 6.99. The number of aromatic nitrogens is 2. The Labute approximate surface area is 246 Å². The van der Waals surface area contributed by atoms with E-state index in [9.17, 15) is 19.6 Å². The van der Waals surface area contributed by atoms with Gasteiger partial charge in [-0.1, -0.05) is 69.4 Å². The lowest BCUT2D eigenvalue weighted by Gasteiger charge is -2.38. The normalized spacial score (nSPS) is 16.9. The SMILES string of the molecule is N#CC1=C(N)N(c2nnc(SCC(=O)Nc3ccccc3C(N)=O)s2)C2=C(C(=O)CCC2)C1c1ccccc1Br. The van der Waals surface area contributed by atoms with Gasteiger partial charge < -0.3 is 16.8 Å². The van der Waals surface area contributed by atoms with Crippen LogP contribution in [0.25, 0.3) is 0 Å². The number of hydrogen-bond donors (Lipinski definition) is 3. The van der Waals surface area contributed by atoms with Crippen molar-refractivity contribution in [1.82, 2.24) is 10.2 Å². The number of benzene rings is 2. The first-order chi connectivity index (χ1) is 19.3. The summed E-state index contributed by atoms with van der Waals surface area (Å²) in [5.74, 6) is -1.40. The summed E-state index contributed by atoms with van der Waals surface area (Å²) in [5, 5.41) is 21.8. The van der Waals surface area contributed by atoms with Crippen LogP contribution in [0, 0.1) is 11.3 Å². The summed E-state index contributed by atoms with van der Waals surface area (Å²) < 4.78 is 1.28. The van der Waals surface area contributed by atoms with Gasteiger partial charge in [0.15, 0.2) is 10.1 Å². The number of ketones is 1. The van der Waals surface area contributed by atoms with E-state index in [4.69, 9.17) is 11.5 Å². The Bertz CT molecular complexity index is 1640. The number of para-hydroxylation sites is 1. The number of nitriles is 1. The zero-order valence-corrected chi connectivity index (χ0v) is 24.1. The molecule has 3 aromatic rings. The summed E-state index contributed by atoms with van der Waals surface area (Å²) in [7, 11) is 0. The third-order valence-electron chi connectivity index (χ3n) is 6.51. The molecule has 0 fully saturated rings. The number of nitrogens with zero attached hydrogens (tertiary/aromatic N) is 4. The Morgan fingerprint density at radius 1 is 1.18 bits per heavy atom. The minimum absolute atomic E-state index is 0.00698. The third kappa shape index (κ3) is 5.25. The quantitative estimate of drug-likeness (QED) is 0.318. The smallest absolute Gasteiger partial charge is 0.250 e. The number of nitrogens with two attached hydrogens (primary N) is 2. The Morgan fingerprint density at radius 2 is 1.93 bits per heavy atom. The van der Waals surface area contributed by atoms with Crippen LogP contribution in [0.1, 0.15) is 41.1 Å². The number of thioether (sulfide) groups is 1. The van der Waals surface area contributed by atoms with Crippen molar-refractivity contribution in [3.05, 3.63) is 86.8 Å². The van der Waals surface area contributed by atoms with E-state index in [-0.39, 0.29) is 34.4 Å². The van der Waals surface area contributed by atoms with Crippen molar-refractivity contribution in [2.24, 2.45) is 11.5 Å². The number of rotatable bonds is 7. The van der Waals surface area contributed by atoms with Gasteiger partial charge in [0.25, 0.3) is 5.91 Å². The molecule has 1 unspecified atom stereocenters. The number of carbonyl (C=O) groups is 3. The van der Waals surface area contributed by atoms with Gasteiger partial charge in [0.05, 0.1) is 34.6 Å². The minimum atomic E-state index is -0.641. The van der Waals surface area contributed by atoms with E-state index in [0.29, 0.717) is 45.7 Å². The molecule has 0 radical (unpaired) electrons. The molecule has 0 saturated carbocycles. The summed E-state index contributed by atoms with van der Waals surface area (Å²) in [6.07, 6.45) is 1.63. The number of Topliss-reactive ketones (excluding diaryl/α,β-unsaturated/α-hetero) is 1. The second-order valence-corrected chi connectivity index (χ2v) is 12.0. The molecule has 1 aliphatic carbocycles. The van der Waals surface area contributed by atoms with Crippen LogP contribution in [0.5, 0.6) is 0 Å². The van der Waals surface area contributed by atoms with Crippen LogP contribution in [0.3, 0.4) is 0 Å². The maximum atomic E-state index is 13.3. The fourth-order valence-electron chi connectivity index (χ4n) is 4.80. The second-order valence-electron chi connectivity index (χ2n) is 8.93. The van der Waals surface area contributed by atoms with E-state index in [1.165, 1.54) is 17.4 Å². The molecule has 2 aliphatic rings. The Morgan fingerprint density at radius 3 is 2.67 bits per heavy atom. The van der Waals surface area contributed by atoms with E-state index in [1.54, 1.807) is 23.1 Å². The van der Waals surface area contributed by atoms with Crippen molar-refractivity contribution in [3.8, 4) is 6.07 Å². The lowest BCUT2D eigenvalue weighted by Crippen LogP contribution is -2.38. The molecule has 1 aromatic heterocycles. The fraction of sp³-hybridized carbons (Fsp3) is 0.185. The molecule has 0 saturated heterocycles. The van der Waals surface area contributed by atoms with Crippen molar-refractivity contribution in [2.45, 2.75) is 29.5 Å². The molecule has 5 rings (SSSR count). The van der Waals surface area contributed by atoms with Crippen molar-refractivity contribution in [3.63, 3.8) is 0 Å². The van der Waals surface area contributed by atoms with Crippen LogP contribution in [0.15, 0.2) is 80.0 Å². The first-order valence-corrected chi connectivity index (χ1v) is 14.7. The summed E-state index contributed by atoms with van der Waals surface area (Å²) in [5.41, 5.74) is 14.8. The highest BCUT2D eigenvalue weighted by atomic mass is 79.9. The predicted octanol–water partition coefficient (Wildman–Crippen LogP) is 4.44. The average Bonchev–Trinajstić information content (AvgIpc) is 3.40. The molecule has 40 heavy (non-hydrogen) atoms. The van der Waals surface area contributed by atoms with E-state index >= 15 is 0 Å². The molecule has 0 spiro atoms. The van der Waals surface area contributed by atoms with Crippen LogP contribution in [-0.2, 0) is 9.59 Å². The number of primary amides is 1. The number of halogens is 1. The van der Waals surface area contributed by atoms with Crippen LogP contribution in [0.2, 0.25) is 0 Å². The van der Waals surface area contributed by atoms with Crippen LogP contribution >= 0.6 is 39.0 Å². The molecule has 202 valence electrons. The number of hydrogen-bond acceptors (Lipinski definition) is 10. The highest BCUT2D eigenvalue weighted by Gasteiger charge is 2.41. The molecule has 2 amide bonds. The lowest BCUT2D eigenvalue weighted by molar-refractivity contribution is -0.116. The topological polar surface area (TPSA) is 168 Å². The number of carbonyl (C=O) groups excluding carboxylic acids is 3. The first kappa shape index (κ1) is 27.6. The van der Waals surface area contributed by atoms with Crippen molar-refractivity contribution < 1.29 is 14.4 Å². The molecular weight excluding hydrogens is 614 g/mol. The maximum Gasteiger partial charge on any atom is 0.250 e. The number of amides is 2. The Hall–Kier alpha value is -3.99. The van der Waals surface area contributed by atoms with Gasteiger partial charge in [0.2, 0.25) is 11.0 Å². The van der Waals surface area contributed by atoms with Gasteiger partial charge in [-0.3, -0.25) is 19.3 Å². The minimum Gasteiger partial charge on any atom is -0.384 e. The van der Waals surface area contributed by atoms with Gasteiger partial charge >= 0.3 is 0 Å². The van der Waals surface area contributed by atoms with Gasteiger partial charge in [-0.25, -0.2) is 0 Å². The molecule has 5 N–H and O–H groups in total. The molecule has 10 nitrogen and oxygen atoms in total. The summed E-state index contributed by atoms with van der Waals surface area (Å²) in [4.78, 5) is 39.1. The monoisotopic (exact) mass is 635 g/mol. The van der Waals surface area contributed by atoms with Crippen molar-refractivity contribution in [1.29, 1.82) is 5.26 Å². The Kier molecular flexibility index (Phi) is 8.02. The van der Waals surface area contributed by atoms with Crippen molar-refractivity contribution in [2.75, 3.05) is 16.0 Å². The summed E-state index contributed by atoms with van der Waals surface area (Å²) >= 11 is 5.94. The van der Waals surface area contributed by atoms with Gasteiger partial charge in [0.1, 0.15) is 5.82 Å². The standard InChI is InChI=1S/C27H22BrN7O3S2/c28-17-8-3-1-6-14(17)22-16(12-29)24(30)35(19-10-5-11-20(36)23(19)22)26-33-34-27(40-26)39-13-21(37)32-18-9-4-2-7-15(18)25(31)38/h1-4,6-9,22H,5,10-11,13,30H2,(H2,31,38)(H,32,37). The van der Waals surface area contributed by atoms with Gasteiger partial charge in [-0.05, 0) is 36.6 Å². The molecule has 13 heteroatoms. The second kappa shape index (κ2) is 11.6. The highest BCUT2D eigenvalue weighted by Crippen LogP contribution is 2.48. The molecule has 2 aromatic carbocycles. The van der Waals surface area contributed by atoms with Crippen LogP contribution in [0.4, 0.5) is 10.8 Å². The highest BCUT2D eigenvalue weighted by molar-refractivity contribution is 9.10. The van der Waals surface area contributed by atoms with E-state index in [0.717, 1.165) is 21.8 Å². The lowest BCUT2D eigenvalue weighted by atomic mass is 9.76. The van der Waals surface area contributed by atoms with Crippen LogP contribution in [-0.4, -0.2) is 33.5 Å². The van der Waals surface area contributed by atoms with Crippen molar-refractivity contribution >= 4 is 67.4 Å². The maximum absolute atomic E-state index is 13.3. The predicted molar refractivity (Wildman–Crippen MR) is 156 cm³/mol. The number of anilines is 2. The molecule has 1 atom stereocenters. The number of allylic oxidation sites excluding steroid dienone is 3. The molecule has 1 aliphatic heterocycles. The molecule has 0 bridgehead atoms. The molecular formula is C27H22BrN7O3S2. The van der Waals surface area contributed by atoms with Crippen LogP contribution < -0.4 is 21.7 Å². The summed E-state index contributed by atoms with van der Waals surface area (Å²) in [6, 6.07) is 16.2. The Balaban J connectivity index is 1.42. The zero-order chi connectivity index (χ0) is 28.4. The molecule has 2 heterocycles. The van der Waals surface area contributed by atoms with E-state index in [2.05, 4.69) is 37.5 Å². The largest absolute Gasteiger partial charge is 0.384 e. The van der Waals surface area contributed by atoms with E-state index < -0.39 is 11.8 Å².